The number of hydrogen-bond acceptors (Lipinski definition) is 3. The first kappa shape index (κ1) is 23.1. The zero-order valence-corrected chi connectivity index (χ0v) is 20.6. The molecule has 35 heavy (non-hydrogen) atoms. The smallest absolute Gasteiger partial charge is 0.232 e. The third-order valence-corrected chi connectivity index (χ3v) is 6.97. The van der Waals surface area contributed by atoms with Crippen LogP contribution < -0.4 is 9.64 Å². The van der Waals surface area contributed by atoms with Gasteiger partial charge in [-0.3, -0.25) is 14.5 Å². The summed E-state index contributed by atoms with van der Waals surface area (Å²) < 4.78 is 5.97. The predicted molar refractivity (Wildman–Crippen MR) is 138 cm³/mol. The maximum atomic E-state index is 13.5. The molecule has 1 heterocycles. The lowest BCUT2D eigenvalue weighted by atomic mass is 9.69. The van der Waals surface area contributed by atoms with Crippen molar-refractivity contribution in [3.63, 3.8) is 0 Å². The van der Waals surface area contributed by atoms with Crippen LogP contribution in [0.15, 0.2) is 90.1 Å². The van der Waals surface area contributed by atoms with E-state index in [-0.39, 0.29) is 29.4 Å². The van der Waals surface area contributed by atoms with Crippen molar-refractivity contribution >= 4 is 17.4 Å². The van der Waals surface area contributed by atoms with Gasteiger partial charge in [-0.25, -0.2) is 0 Å². The number of anilines is 1. The van der Waals surface area contributed by atoms with E-state index in [0.717, 1.165) is 33.8 Å². The molecule has 0 spiro atoms. The van der Waals surface area contributed by atoms with Crippen LogP contribution in [0.5, 0.6) is 5.75 Å². The van der Waals surface area contributed by atoms with E-state index in [4.69, 9.17) is 4.74 Å². The van der Waals surface area contributed by atoms with Crippen molar-refractivity contribution in [1.29, 1.82) is 0 Å². The summed E-state index contributed by atoms with van der Waals surface area (Å²) in [5.41, 5.74) is 5.62. The van der Waals surface area contributed by atoms with Gasteiger partial charge in [0, 0.05) is 35.7 Å². The molecular weight excluding hydrogens is 434 g/mol. The molecular formula is C31H31NO3. The predicted octanol–water partition coefficient (Wildman–Crippen LogP) is 6.74. The number of hydrogen-bond donors (Lipinski definition) is 0. The van der Waals surface area contributed by atoms with Gasteiger partial charge in [-0.05, 0) is 54.2 Å². The normalized spacial score (nSPS) is 19.5. The Balaban J connectivity index is 1.45. The van der Waals surface area contributed by atoms with Crippen LogP contribution in [-0.4, -0.2) is 11.7 Å². The molecule has 1 unspecified atom stereocenters. The number of Topliss-reactive ketones (excluding diaryl/α,β-unsaturated/α-hetero) is 1. The molecule has 1 aliphatic carbocycles. The Kier molecular flexibility index (Phi) is 6.06. The van der Waals surface area contributed by atoms with E-state index in [2.05, 4.69) is 45.0 Å². The average Bonchev–Trinajstić information content (AvgIpc) is 2.83. The molecule has 4 nitrogen and oxygen atoms in total. The number of allylic oxidation sites excluding steroid dienone is 2. The average molecular weight is 466 g/mol. The first-order valence-corrected chi connectivity index (χ1v) is 12.2. The van der Waals surface area contributed by atoms with Crippen molar-refractivity contribution < 1.29 is 14.3 Å². The van der Waals surface area contributed by atoms with Crippen molar-refractivity contribution in [2.75, 3.05) is 4.90 Å². The number of nitrogens with zero attached hydrogens (tertiary/aromatic N) is 1. The Morgan fingerprint density at radius 2 is 1.57 bits per heavy atom. The van der Waals surface area contributed by atoms with Crippen LogP contribution in [0.1, 0.15) is 55.7 Å². The van der Waals surface area contributed by atoms with Crippen LogP contribution in [-0.2, 0) is 16.2 Å². The van der Waals surface area contributed by atoms with Gasteiger partial charge in [0.1, 0.15) is 12.4 Å². The largest absolute Gasteiger partial charge is 0.489 e. The Bertz CT molecular complexity index is 1270. The summed E-state index contributed by atoms with van der Waals surface area (Å²) >= 11 is 0. The zero-order chi connectivity index (χ0) is 24.6. The standard InChI is InChI=1S/C31H31NO3/c1-21-9-11-22(12-10-21)20-35-25-15-13-23(14-16-25)26-17-29(34)32(24-7-5-4-6-8-24)27-18-31(2,3)19-28(33)30(26)27/h4-16,26H,17-20H2,1-3H3. The van der Waals surface area contributed by atoms with Gasteiger partial charge in [0.2, 0.25) is 5.91 Å². The number of benzene rings is 3. The first-order chi connectivity index (χ1) is 16.8. The van der Waals surface area contributed by atoms with E-state index in [1.54, 1.807) is 4.90 Å². The number of para-hydroxylation sites is 1. The van der Waals surface area contributed by atoms with Crippen molar-refractivity contribution in [3.8, 4) is 5.75 Å². The SMILES string of the molecule is Cc1ccc(COc2ccc(C3CC(=O)N(c4ccccc4)C4=C3C(=O)CC(C)(C)C4)cc2)cc1. The Hall–Kier alpha value is -3.66. The molecule has 178 valence electrons. The molecule has 0 bridgehead atoms. The molecule has 1 atom stereocenters. The quantitative estimate of drug-likeness (QED) is 0.419. The van der Waals surface area contributed by atoms with E-state index in [1.165, 1.54) is 5.56 Å². The number of rotatable bonds is 5. The number of ketones is 1. The molecule has 0 N–H and O–H groups in total. The lowest BCUT2D eigenvalue weighted by Gasteiger charge is -2.43. The second-order valence-corrected chi connectivity index (χ2v) is 10.5. The van der Waals surface area contributed by atoms with Gasteiger partial charge in [-0.15, -0.1) is 0 Å². The molecule has 0 saturated carbocycles. The van der Waals surface area contributed by atoms with Crippen LogP contribution in [0.4, 0.5) is 5.69 Å². The van der Waals surface area contributed by atoms with Crippen molar-refractivity contribution in [1.82, 2.24) is 0 Å². The molecule has 5 rings (SSSR count). The molecule has 3 aromatic carbocycles. The molecule has 0 radical (unpaired) electrons. The molecule has 1 aliphatic heterocycles. The number of carbonyl (C=O) groups is 2. The Morgan fingerprint density at radius 1 is 0.886 bits per heavy atom. The van der Waals surface area contributed by atoms with E-state index in [1.807, 2.05) is 54.6 Å². The lowest BCUT2D eigenvalue weighted by molar-refractivity contribution is -0.121. The zero-order valence-electron chi connectivity index (χ0n) is 20.6. The second kappa shape index (κ2) is 9.18. The molecule has 0 aromatic heterocycles. The highest BCUT2D eigenvalue weighted by Gasteiger charge is 2.44. The van der Waals surface area contributed by atoms with Gasteiger partial charge in [0.15, 0.2) is 5.78 Å². The summed E-state index contributed by atoms with van der Waals surface area (Å²) in [4.78, 5) is 28.7. The molecule has 1 amide bonds. The number of carbonyl (C=O) groups excluding carboxylic acids is 2. The Labute approximate surface area is 207 Å². The van der Waals surface area contributed by atoms with E-state index < -0.39 is 0 Å². The van der Waals surface area contributed by atoms with Crippen molar-refractivity contribution in [2.24, 2.45) is 5.41 Å². The number of ether oxygens (including phenoxy) is 1. The Morgan fingerprint density at radius 3 is 2.26 bits per heavy atom. The van der Waals surface area contributed by atoms with Gasteiger partial charge in [0.05, 0.1) is 0 Å². The summed E-state index contributed by atoms with van der Waals surface area (Å²) in [7, 11) is 0. The van der Waals surface area contributed by atoms with Gasteiger partial charge in [-0.2, -0.15) is 0 Å². The monoisotopic (exact) mass is 465 g/mol. The third kappa shape index (κ3) is 4.79. The highest BCUT2D eigenvalue weighted by atomic mass is 16.5. The summed E-state index contributed by atoms with van der Waals surface area (Å²) in [5.74, 6) is 0.722. The van der Waals surface area contributed by atoms with E-state index in [0.29, 0.717) is 19.4 Å². The van der Waals surface area contributed by atoms with Gasteiger partial charge in [-0.1, -0.05) is 74.0 Å². The van der Waals surface area contributed by atoms with Crippen LogP contribution in [0.3, 0.4) is 0 Å². The molecule has 0 saturated heterocycles. The minimum absolute atomic E-state index is 0.0325. The van der Waals surface area contributed by atoms with Gasteiger partial charge < -0.3 is 4.74 Å². The summed E-state index contributed by atoms with van der Waals surface area (Å²) in [6.07, 6.45) is 1.48. The molecule has 3 aromatic rings. The summed E-state index contributed by atoms with van der Waals surface area (Å²) in [5, 5.41) is 0. The minimum atomic E-state index is -0.229. The first-order valence-electron chi connectivity index (χ1n) is 12.2. The third-order valence-electron chi connectivity index (χ3n) is 6.97. The fourth-order valence-electron chi connectivity index (χ4n) is 5.22. The molecule has 2 aliphatic rings. The molecule has 0 fully saturated rings. The van der Waals surface area contributed by atoms with Crippen LogP contribution in [0.25, 0.3) is 0 Å². The van der Waals surface area contributed by atoms with Crippen molar-refractivity contribution in [3.05, 3.63) is 107 Å². The lowest BCUT2D eigenvalue weighted by Crippen LogP contribution is -2.43. The van der Waals surface area contributed by atoms with Crippen LogP contribution in [0, 0.1) is 12.3 Å². The minimum Gasteiger partial charge on any atom is -0.489 e. The maximum Gasteiger partial charge on any atom is 0.232 e. The second-order valence-electron chi connectivity index (χ2n) is 10.5. The highest BCUT2D eigenvalue weighted by Crippen LogP contribution is 2.48. The van der Waals surface area contributed by atoms with Gasteiger partial charge in [0.25, 0.3) is 0 Å². The highest BCUT2D eigenvalue weighted by molar-refractivity contribution is 6.07. The number of amides is 1. The summed E-state index contributed by atoms with van der Waals surface area (Å²) in [6, 6.07) is 25.8. The fraction of sp³-hybridized carbons (Fsp3) is 0.290. The fourth-order valence-corrected chi connectivity index (χ4v) is 5.22. The van der Waals surface area contributed by atoms with E-state index >= 15 is 0 Å². The van der Waals surface area contributed by atoms with Gasteiger partial charge >= 0.3 is 0 Å². The number of aryl methyl sites for hydroxylation is 1. The van der Waals surface area contributed by atoms with Crippen LogP contribution in [0.2, 0.25) is 0 Å². The van der Waals surface area contributed by atoms with Crippen LogP contribution >= 0.6 is 0 Å². The maximum absolute atomic E-state index is 13.5. The topological polar surface area (TPSA) is 46.6 Å². The van der Waals surface area contributed by atoms with E-state index in [9.17, 15) is 9.59 Å². The van der Waals surface area contributed by atoms with Crippen molar-refractivity contribution in [2.45, 2.75) is 52.6 Å². The summed E-state index contributed by atoms with van der Waals surface area (Å²) in [6.45, 7) is 6.77. The molecule has 4 heteroatoms.